The second-order valence-corrected chi connectivity index (χ2v) is 8.51. The van der Waals surface area contributed by atoms with Crippen LogP contribution in [0.4, 0.5) is 23.2 Å². The molecule has 1 atom stereocenters. The number of aliphatic imine (C=N–C) groups is 1. The summed E-state index contributed by atoms with van der Waals surface area (Å²) in [5, 5.41) is 11.7. The van der Waals surface area contributed by atoms with Gasteiger partial charge in [0.2, 0.25) is 0 Å². The van der Waals surface area contributed by atoms with Crippen LogP contribution in [0.5, 0.6) is 0 Å². The lowest BCUT2D eigenvalue weighted by atomic mass is 9.99. The van der Waals surface area contributed by atoms with Crippen LogP contribution in [-0.2, 0) is 0 Å². The number of nitrogens with one attached hydrogen (secondary N) is 1. The van der Waals surface area contributed by atoms with E-state index in [9.17, 15) is 27.5 Å². The largest absolute Gasteiger partial charge is 0.478 e. The molecule has 3 heterocycles. The smallest absolute Gasteiger partial charge is 0.412 e. The molecular weight excluding hydrogens is 476 g/mol. The van der Waals surface area contributed by atoms with Gasteiger partial charge in [-0.25, -0.2) is 14.2 Å². The third-order valence-corrected chi connectivity index (χ3v) is 5.92. The number of carbonyl (C=O) groups is 1. The van der Waals surface area contributed by atoms with Crippen LogP contribution in [0, 0.1) is 0 Å². The fourth-order valence-corrected chi connectivity index (χ4v) is 4.25. The molecule has 1 aromatic rings. The van der Waals surface area contributed by atoms with Gasteiger partial charge in [-0.15, -0.1) is 0 Å². The van der Waals surface area contributed by atoms with Crippen molar-refractivity contribution in [2.24, 2.45) is 4.99 Å². The molecule has 0 saturated carbocycles. The van der Waals surface area contributed by atoms with Gasteiger partial charge in [0.05, 0.1) is 5.56 Å². The fraction of sp³-hybridized carbons (Fsp3) is 0.304. The van der Waals surface area contributed by atoms with Crippen molar-refractivity contribution in [3.8, 4) is 0 Å². The molecule has 2 N–H and O–H groups in total. The number of hydrogen-bond donors (Lipinski definition) is 2. The minimum absolute atomic E-state index is 0.0489. The summed E-state index contributed by atoms with van der Waals surface area (Å²) in [7, 11) is 0. The van der Waals surface area contributed by atoms with Crippen molar-refractivity contribution in [1.82, 2.24) is 9.80 Å². The Kier molecular flexibility index (Phi) is 6.44. The molecule has 0 unspecified atom stereocenters. The van der Waals surface area contributed by atoms with Crippen molar-refractivity contribution in [3.05, 3.63) is 76.6 Å². The zero-order valence-corrected chi connectivity index (χ0v) is 18.6. The van der Waals surface area contributed by atoms with Crippen LogP contribution in [0.1, 0.15) is 29.6 Å². The Morgan fingerprint density at radius 1 is 1.21 bits per heavy atom. The van der Waals surface area contributed by atoms with E-state index in [1.165, 1.54) is 11.0 Å². The van der Waals surface area contributed by atoms with Crippen molar-refractivity contribution in [1.29, 1.82) is 0 Å². The zero-order chi connectivity index (χ0) is 24.6. The van der Waals surface area contributed by atoms with Crippen LogP contribution in [0.25, 0.3) is 0 Å². The Labute approximate surface area is 198 Å². The number of piperidine rings is 1. The van der Waals surface area contributed by atoms with E-state index in [1.807, 2.05) is 4.90 Å². The first kappa shape index (κ1) is 23.9. The highest BCUT2D eigenvalue weighted by Crippen LogP contribution is 2.37. The van der Waals surface area contributed by atoms with E-state index in [0.29, 0.717) is 18.9 Å². The predicted octanol–water partition coefficient (Wildman–Crippen LogP) is 5.69. The van der Waals surface area contributed by atoms with E-state index in [2.05, 4.69) is 16.9 Å². The number of halogens is 5. The summed E-state index contributed by atoms with van der Waals surface area (Å²) < 4.78 is 57.4. The first-order chi connectivity index (χ1) is 16.0. The number of nitrogens with zero attached hydrogens (tertiary/aromatic N) is 3. The molecule has 1 aromatic carbocycles. The third kappa shape index (κ3) is 4.82. The van der Waals surface area contributed by atoms with Crippen molar-refractivity contribution in [3.63, 3.8) is 0 Å². The molecule has 34 heavy (non-hydrogen) atoms. The van der Waals surface area contributed by atoms with E-state index in [1.54, 1.807) is 6.08 Å². The molecule has 1 fully saturated rings. The summed E-state index contributed by atoms with van der Waals surface area (Å²) in [4.78, 5) is 19.2. The number of anilines is 1. The number of benzene rings is 1. The molecule has 0 amide bonds. The minimum Gasteiger partial charge on any atom is -0.478 e. The molecule has 4 rings (SSSR count). The van der Waals surface area contributed by atoms with Gasteiger partial charge in [0, 0.05) is 47.3 Å². The Balaban J connectivity index is 1.77. The highest BCUT2D eigenvalue weighted by molar-refractivity contribution is 6.31. The quantitative estimate of drug-likeness (QED) is 0.513. The first-order valence-corrected chi connectivity index (χ1v) is 10.9. The Hall–Kier alpha value is -3.27. The molecule has 0 bridgehead atoms. The second kappa shape index (κ2) is 9.17. The van der Waals surface area contributed by atoms with E-state index in [0.717, 1.165) is 43.7 Å². The Bertz CT molecular complexity index is 1150. The van der Waals surface area contributed by atoms with Crippen molar-refractivity contribution in [2.75, 3.05) is 18.4 Å². The number of aromatic carboxylic acids is 1. The average molecular weight is 497 g/mol. The summed E-state index contributed by atoms with van der Waals surface area (Å²) in [6.45, 7) is 5.28. The normalized spacial score (nSPS) is 19.5. The summed E-state index contributed by atoms with van der Waals surface area (Å²) in [6.07, 6.45) is 1.38. The highest BCUT2D eigenvalue weighted by Gasteiger charge is 2.46. The van der Waals surface area contributed by atoms with Gasteiger partial charge in [-0.3, -0.25) is 4.90 Å². The monoisotopic (exact) mass is 496 g/mol. The summed E-state index contributed by atoms with van der Waals surface area (Å²) in [5.74, 6) is -2.06. The lowest BCUT2D eigenvalue weighted by molar-refractivity contribution is -0.133. The van der Waals surface area contributed by atoms with Gasteiger partial charge in [0.1, 0.15) is 17.5 Å². The maximum atomic E-state index is 14.5. The van der Waals surface area contributed by atoms with Gasteiger partial charge in [0.25, 0.3) is 0 Å². The number of fused-ring (bicyclic) bond motifs is 1. The molecule has 0 radical (unpaired) electrons. The number of alkyl halides is 3. The van der Waals surface area contributed by atoms with E-state index < -0.39 is 35.2 Å². The lowest BCUT2D eigenvalue weighted by Crippen LogP contribution is -2.46. The van der Waals surface area contributed by atoms with Crippen LogP contribution in [0.15, 0.2) is 71.0 Å². The standard InChI is InChI=1S/C23H21ClF4N4O2/c1-13-9-19(31-7-3-2-4-8-31)30-21-17(11-15(25)12-32(13)21)20(23(26,27)28)29-18-6-5-14(24)10-16(18)22(33)34/h5-6,9-12,20,29H,1-4,7-8H2,(H,33,34)/t20-/m0/s1. The molecular formula is C23H21ClF4N4O2. The van der Waals surface area contributed by atoms with Crippen LogP contribution in [-0.4, -0.2) is 52.0 Å². The number of rotatable bonds is 5. The molecule has 180 valence electrons. The number of hydrogen-bond acceptors (Lipinski definition) is 5. The van der Waals surface area contributed by atoms with Gasteiger partial charge in [-0.1, -0.05) is 18.2 Å². The summed E-state index contributed by atoms with van der Waals surface area (Å²) >= 11 is 5.82. The zero-order valence-electron chi connectivity index (χ0n) is 17.9. The minimum atomic E-state index is -4.92. The molecule has 0 spiro atoms. The van der Waals surface area contributed by atoms with Gasteiger partial charge in [-0.05, 0) is 43.5 Å². The van der Waals surface area contributed by atoms with Crippen LogP contribution >= 0.6 is 11.6 Å². The van der Waals surface area contributed by atoms with Crippen LogP contribution in [0.2, 0.25) is 5.02 Å². The van der Waals surface area contributed by atoms with E-state index in [-0.39, 0.29) is 22.2 Å². The number of carboxylic acid groups (broad SMARTS) is 1. The summed E-state index contributed by atoms with van der Waals surface area (Å²) in [6, 6.07) is 0.987. The third-order valence-electron chi connectivity index (χ3n) is 5.69. The van der Waals surface area contributed by atoms with Gasteiger partial charge in [-0.2, -0.15) is 13.2 Å². The first-order valence-electron chi connectivity index (χ1n) is 10.5. The molecule has 0 aromatic heterocycles. The van der Waals surface area contributed by atoms with E-state index in [4.69, 9.17) is 11.6 Å². The number of likely N-dealkylation sites (tertiary alicyclic amines) is 1. The molecule has 11 heteroatoms. The highest BCUT2D eigenvalue weighted by atomic mass is 35.5. The number of amidine groups is 1. The molecule has 3 aliphatic heterocycles. The number of carboxylic acids is 1. The topological polar surface area (TPSA) is 68.2 Å². The summed E-state index contributed by atoms with van der Waals surface area (Å²) in [5.41, 5.74) is -0.994. The van der Waals surface area contributed by atoms with Crippen molar-refractivity contribution in [2.45, 2.75) is 31.5 Å². The maximum Gasteiger partial charge on any atom is 0.412 e. The van der Waals surface area contributed by atoms with Gasteiger partial charge < -0.3 is 15.3 Å². The molecule has 6 nitrogen and oxygen atoms in total. The van der Waals surface area contributed by atoms with Crippen molar-refractivity contribution < 1.29 is 27.5 Å². The van der Waals surface area contributed by atoms with Gasteiger partial charge >= 0.3 is 12.1 Å². The average Bonchev–Trinajstić information content (AvgIpc) is 2.78. The molecule has 0 aliphatic carbocycles. The predicted molar refractivity (Wildman–Crippen MR) is 121 cm³/mol. The van der Waals surface area contributed by atoms with E-state index >= 15 is 0 Å². The lowest BCUT2D eigenvalue weighted by Gasteiger charge is -2.37. The fourth-order valence-electron chi connectivity index (χ4n) is 4.08. The Morgan fingerprint density at radius 2 is 1.91 bits per heavy atom. The second-order valence-electron chi connectivity index (χ2n) is 8.07. The van der Waals surface area contributed by atoms with Crippen LogP contribution in [0.3, 0.4) is 0 Å². The molecule has 1 saturated heterocycles. The SMILES string of the molecule is C=C1C=C(N2CCCCC2)N=C2C([C@H](Nc3ccc(Cl)cc3C(=O)O)C(F)(F)F)=CC(F)=CN12. The maximum absolute atomic E-state index is 14.5. The van der Waals surface area contributed by atoms with Crippen molar-refractivity contribution >= 4 is 29.1 Å². The number of allylic oxidation sites excluding steroid dienone is 3. The molecule has 3 aliphatic rings. The van der Waals surface area contributed by atoms with Gasteiger partial charge in [0.15, 0.2) is 6.04 Å². The Morgan fingerprint density at radius 3 is 2.56 bits per heavy atom. The van der Waals surface area contributed by atoms with Crippen LogP contribution < -0.4 is 5.32 Å².